The van der Waals surface area contributed by atoms with Crippen LogP contribution in [-0.4, -0.2) is 30.9 Å². The molecule has 0 atom stereocenters. The first-order valence-corrected chi connectivity index (χ1v) is 11.5. The van der Waals surface area contributed by atoms with Crippen LogP contribution in [0.3, 0.4) is 0 Å². The number of hydrogen-bond acceptors (Lipinski definition) is 6. The number of rotatable bonds is 5. The van der Waals surface area contributed by atoms with Crippen LogP contribution in [0, 0.1) is 0 Å². The summed E-state index contributed by atoms with van der Waals surface area (Å²) < 4.78 is 3.46. The van der Waals surface area contributed by atoms with Crippen molar-refractivity contribution in [2.24, 2.45) is 0 Å². The first-order chi connectivity index (χ1) is 16.3. The van der Waals surface area contributed by atoms with Crippen molar-refractivity contribution in [3.05, 3.63) is 82.6 Å². The quantitative estimate of drug-likeness (QED) is 0.445. The van der Waals surface area contributed by atoms with Crippen LogP contribution in [0.25, 0.3) is 16.7 Å². The zero-order valence-corrected chi connectivity index (χ0v) is 19.8. The predicted octanol–water partition coefficient (Wildman–Crippen LogP) is 3.85. The third-order valence-electron chi connectivity index (χ3n) is 6.08. The van der Waals surface area contributed by atoms with Crippen LogP contribution >= 0.6 is 0 Å². The number of fused-ring (bicyclic) bond motifs is 2. The van der Waals surface area contributed by atoms with E-state index in [9.17, 15) is 4.79 Å². The van der Waals surface area contributed by atoms with Gasteiger partial charge in [-0.3, -0.25) is 9.78 Å². The minimum atomic E-state index is -0.157. The fourth-order valence-electron chi connectivity index (χ4n) is 4.29. The average Bonchev–Trinajstić information content (AvgIpc) is 3.10. The van der Waals surface area contributed by atoms with Gasteiger partial charge >= 0.3 is 0 Å². The minimum Gasteiger partial charge on any atom is -0.324 e. The highest BCUT2D eigenvalue weighted by Crippen LogP contribution is 2.25. The lowest BCUT2D eigenvalue weighted by Crippen LogP contribution is -2.23. The molecule has 0 spiro atoms. The summed E-state index contributed by atoms with van der Waals surface area (Å²) in [5.74, 6) is 0.436. The summed E-state index contributed by atoms with van der Waals surface area (Å²) in [4.78, 5) is 26.9. The van der Waals surface area contributed by atoms with Crippen molar-refractivity contribution >= 4 is 22.7 Å². The molecule has 0 amide bonds. The van der Waals surface area contributed by atoms with E-state index in [1.54, 1.807) is 23.2 Å². The Labute approximate surface area is 198 Å². The van der Waals surface area contributed by atoms with Crippen molar-refractivity contribution in [3.8, 4) is 5.69 Å². The third-order valence-corrected chi connectivity index (χ3v) is 6.08. The normalized spacial score (nSPS) is 13.6. The molecule has 0 radical (unpaired) electrons. The molecule has 0 bridgehead atoms. The van der Waals surface area contributed by atoms with Gasteiger partial charge in [-0.05, 0) is 48.4 Å². The van der Waals surface area contributed by atoms with Gasteiger partial charge in [-0.2, -0.15) is 4.98 Å². The molecule has 4 heterocycles. The highest BCUT2D eigenvalue weighted by molar-refractivity contribution is 5.77. The zero-order valence-electron chi connectivity index (χ0n) is 19.8. The second-order valence-corrected chi connectivity index (χ2v) is 9.60. The maximum absolute atomic E-state index is 13.2. The molecule has 0 unspecified atom stereocenters. The van der Waals surface area contributed by atoms with Crippen LogP contribution in [0.1, 0.15) is 37.6 Å². The van der Waals surface area contributed by atoms with Gasteiger partial charge in [0.25, 0.3) is 5.56 Å². The maximum Gasteiger partial charge on any atom is 0.278 e. The highest BCUT2D eigenvalue weighted by atomic mass is 16.1. The zero-order chi connectivity index (χ0) is 23.9. The monoisotopic (exact) mass is 455 g/mol. The smallest absolute Gasteiger partial charge is 0.278 e. The molecule has 4 aromatic rings. The Balaban J connectivity index is 1.62. The fourth-order valence-corrected chi connectivity index (χ4v) is 4.29. The highest BCUT2D eigenvalue weighted by Gasteiger charge is 2.20. The van der Waals surface area contributed by atoms with E-state index in [0.717, 1.165) is 36.6 Å². The van der Waals surface area contributed by atoms with Gasteiger partial charge < -0.3 is 10.6 Å². The van der Waals surface area contributed by atoms with Crippen molar-refractivity contribution in [1.29, 1.82) is 0 Å². The molecule has 1 aliphatic heterocycles. The number of anilines is 2. The Hall–Kier alpha value is -3.78. The van der Waals surface area contributed by atoms with Crippen LogP contribution in [0.2, 0.25) is 0 Å². The second kappa shape index (κ2) is 8.53. The van der Waals surface area contributed by atoms with Gasteiger partial charge in [-0.1, -0.05) is 32.9 Å². The van der Waals surface area contributed by atoms with Gasteiger partial charge in [0, 0.05) is 35.7 Å². The standard InChI is InChI=1S/C26H29N7O/c1-5-12-32-24(34)21-16-29-25(30-19-7-6-17-8-10-27-15-18(17)13-19)31-23(21)33(32)20-9-11-28-22(14-20)26(2,3)4/h5-7,9,11,13-14,16,27H,1,8,10,12,15H2,2-4H3,(H,29,30,31). The van der Waals surface area contributed by atoms with Crippen LogP contribution in [0.15, 0.2) is 60.2 Å². The van der Waals surface area contributed by atoms with Crippen molar-refractivity contribution in [2.75, 3.05) is 11.9 Å². The Morgan fingerprint density at radius 3 is 2.82 bits per heavy atom. The molecule has 5 rings (SSSR count). The van der Waals surface area contributed by atoms with Crippen molar-refractivity contribution < 1.29 is 0 Å². The van der Waals surface area contributed by atoms with Crippen molar-refractivity contribution in [2.45, 2.75) is 45.7 Å². The average molecular weight is 456 g/mol. The van der Waals surface area contributed by atoms with Gasteiger partial charge in [-0.15, -0.1) is 6.58 Å². The number of hydrogen-bond donors (Lipinski definition) is 2. The Bertz CT molecular complexity index is 1440. The molecule has 8 heteroatoms. The number of nitrogens with one attached hydrogen (secondary N) is 2. The minimum absolute atomic E-state index is 0.133. The van der Waals surface area contributed by atoms with E-state index in [1.165, 1.54) is 11.1 Å². The van der Waals surface area contributed by atoms with Gasteiger partial charge in [0.15, 0.2) is 5.65 Å². The SMILES string of the molecule is C=CCn1c(=O)c2cnc(Nc3ccc4c(c3)CNCC4)nc2n1-c1ccnc(C(C)(C)C)c1. The lowest BCUT2D eigenvalue weighted by Gasteiger charge is -2.19. The Morgan fingerprint density at radius 2 is 2.03 bits per heavy atom. The van der Waals surface area contributed by atoms with E-state index in [2.05, 4.69) is 60.1 Å². The number of pyridine rings is 1. The molecule has 174 valence electrons. The maximum atomic E-state index is 13.2. The summed E-state index contributed by atoms with van der Waals surface area (Å²) in [6.07, 6.45) is 6.10. The summed E-state index contributed by atoms with van der Waals surface area (Å²) in [5.41, 5.74) is 5.55. The van der Waals surface area contributed by atoms with E-state index in [-0.39, 0.29) is 11.0 Å². The van der Waals surface area contributed by atoms with Crippen molar-refractivity contribution in [3.63, 3.8) is 0 Å². The number of benzene rings is 1. The van der Waals surface area contributed by atoms with Gasteiger partial charge in [0.1, 0.15) is 5.39 Å². The number of allylic oxidation sites excluding steroid dienone is 1. The molecule has 0 saturated heterocycles. The van der Waals surface area contributed by atoms with Crippen LogP contribution in [0.4, 0.5) is 11.6 Å². The molecular weight excluding hydrogens is 426 g/mol. The first-order valence-electron chi connectivity index (χ1n) is 11.5. The predicted molar refractivity (Wildman–Crippen MR) is 135 cm³/mol. The molecule has 1 aliphatic rings. The second-order valence-electron chi connectivity index (χ2n) is 9.60. The largest absolute Gasteiger partial charge is 0.324 e. The van der Waals surface area contributed by atoms with Gasteiger partial charge in [0.05, 0.1) is 12.2 Å². The van der Waals surface area contributed by atoms with E-state index in [4.69, 9.17) is 4.98 Å². The first kappa shape index (κ1) is 22.0. The van der Waals surface area contributed by atoms with Gasteiger partial charge in [0.2, 0.25) is 5.95 Å². The molecular formula is C26H29N7O. The van der Waals surface area contributed by atoms with Crippen LogP contribution < -0.4 is 16.2 Å². The van der Waals surface area contributed by atoms with E-state index < -0.39 is 0 Å². The summed E-state index contributed by atoms with van der Waals surface area (Å²) in [7, 11) is 0. The van der Waals surface area contributed by atoms with Gasteiger partial charge in [-0.25, -0.2) is 14.3 Å². The molecule has 0 fully saturated rings. The molecule has 34 heavy (non-hydrogen) atoms. The molecule has 0 aliphatic carbocycles. The molecule has 0 saturated carbocycles. The summed E-state index contributed by atoms with van der Waals surface area (Å²) >= 11 is 0. The van der Waals surface area contributed by atoms with Crippen molar-refractivity contribution in [1.82, 2.24) is 29.6 Å². The van der Waals surface area contributed by atoms with E-state index in [1.807, 2.05) is 22.9 Å². The fraction of sp³-hybridized carbons (Fsp3) is 0.308. The summed E-state index contributed by atoms with van der Waals surface area (Å²) in [6.45, 7) is 12.4. The number of nitrogens with zero attached hydrogens (tertiary/aromatic N) is 5. The molecule has 2 N–H and O–H groups in total. The van der Waals surface area contributed by atoms with Crippen LogP contribution in [-0.2, 0) is 24.9 Å². The Kier molecular flexibility index (Phi) is 5.53. The lowest BCUT2D eigenvalue weighted by atomic mass is 9.91. The summed E-state index contributed by atoms with van der Waals surface area (Å²) in [5, 5.41) is 7.17. The molecule has 1 aromatic carbocycles. The number of aromatic nitrogens is 5. The lowest BCUT2D eigenvalue weighted by molar-refractivity contribution is 0.563. The van der Waals surface area contributed by atoms with Crippen LogP contribution in [0.5, 0.6) is 0 Å². The topological polar surface area (TPSA) is 89.7 Å². The Morgan fingerprint density at radius 1 is 1.18 bits per heavy atom. The molecule has 3 aromatic heterocycles. The summed E-state index contributed by atoms with van der Waals surface area (Å²) in [6, 6.07) is 10.2. The molecule has 8 nitrogen and oxygen atoms in total. The third kappa shape index (κ3) is 4.01. The van der Waals surface area contributed by atoms with E-state index >= 15 is 0 Å². The van der Waals surface area contributed by atoms with E-state index in [0.29, 0.717) is 23.5 Å².